The van der Waals surface area contributed by atoms with Crippen LogP contribution in [0.5, 0.6) is 0 Å². The predicted molar refractivity (Wildman–Crippen MR) is 152 cm³/mol. The van der Waals surface area contributed by atoms with Gasteiger partial charge in [0.25, 0.3) is 0 Å². The lowest BCUT2D eigenvalue weighted by molar-refractivity contribution is -0.207. The smallest absolute Gasteiger partial charge is 0.382 e. The van der Waals surface area contributed by atoms with Gasteiger partial charge in [-0.25, -0.2) is 13.9 Å². The largest absolute Gasteiger partial charge is 0.416 e. The van der Waals surface area contributed by atoms with Gasteiger partial charge in [0.2, 0.25) is 0 Å². The third-order valence-electron chi connectivity index (χ3n) is 7.57. The van der Waals surface area contributed by atoms with E-state index in [0.29, 0.717) is 39.0 Å². The number of rotatable bonds is 8. The van der Waals surface area contributed by atoms with E-state index in [0.717, 1.165) is 20.4 Å². The van der Waals surface area contributed by atoms with Crippen LogP contribution in [0.1, 0.15) is 35.9 Å². The van der Waals surface area contributed by atoms with Crippen molar-refractivity contribution in [2.45, 2.75) is 63.8 Å². The Labute approximate surface area is 248 Å². The highest BCUT2D eigenvalue weighted by atomic mass is 35.5. The number of aliphatic hydroxyl groups is 1. The molecule has 1 N–H and O–H groups in total. The Bertz CT molecular complexity index is 1690. The van der Waals surface area contributed by atoms with E-state index in [2.05, 4.69) is 11.7 Å². The summed E-state index contributed by atoms with van der Waals surface area (Å²) in [6.45, 7) is 4.48. The Hall–Kier alpha value is -3.41. The SMILES string of the molecule is C=C(C)C1(F)CCc2c(Cn3nc(-c4ccc(Cl)cc4)n(C[C@H](O)C(F)(F)F)c3=O)nn(Cc3ccccc3Cl)c2C1. The minimum atomic E-state index is -4.95. The number of aromatic nitrogens is 5. The quantitative estimate of drug-likeness (QED) is 0.193. The molecule has 2 heterocycles. The number of nitrogens with zero attached hydrogens (tertiary/aromatic N) is 5. The number of alkyl halides is 4. The molecule has 0 bridgehead atoms. The van der Waals surface area contributed by atoms with Crippen molar-refractivity contribution in [2.24, 2.45) is 0 Å². The van der Waals surface area contributed by atoms with Crippen molar-refractivity contribution in [1.29, 1.82) is 0 Å². The summed E-state index contributed by atoms with van der Waals surface area (Å²) >= 11 is 12.4. The van der Waals surface area contributed by atoms with E-state index in [1.54, 1.807) is 23.7 Å². The molecule has 1 aliphatic rings. The molecule has 2 aromatic heterocycles. The fraction of sp³-hybridized carbons (Fsp3) is 0.345. The summed E-state index contributed by atoms with van der Waals surface area (Å²) in [7, 11) is 0. The van der Waals surface area contributed by atoms with Crippen molar-refractivity contribution >= 4 is 23.2 Å². The van der Waals surface area contributed by atoms with Crippen molar-refractivity contribution in [3.05, 3.63) is 104 Å². The van der Waals surface area contributed by atoms with Gasteiger partial charge in [-0.3, -0.25) is 9.25 Å². The Balaban J connectivity index is 1.58. The van der Waals surface area contributed by atoms with Gasteiger partial charge in [-0.05, 0) is 66.8 Å². The second-order valence-corrected chi connectivity index (χ2v) is 11.3. The number of aliphatic hydroxyl groups excluding tert-OH is 1. The van der Waals surface area contributed by atoms with Crippen LogP contribution in [0.3, 0.4) is 0 Å². The monoisotopic (exact) mass is 623 g/mol. The highest BCUT2D eigenvalue weighted by Crippen LogP contribution is 2.38. The van der Waals surface area contributed by atoms with Crippen molar-refractivity contribution in [3.8, 4) is 11.4 Å². The molecule has 42 heavy (non-hydrogen) atoms. The fourth-order valence-electron chi connectivity index (χ4n) is 5.10. The van der Waals surface area contributed by atoms with E-state index in [1.807, 2.05) is 12.1 Å². The van der Waals surface area contributed by atoms with Gasteiger partial charge in [0.1, 0.15) is 5.67 Å². The van der Waals surface area contributed by atoms with Crippen molar-refractivity contribution in [3.63, 3.8) is 0 Å². The number of hydrogen-bond donors (Lipinski definition) is 1. The summed E-state index contributed by atoms with van der Waals surface area (Å²) in [6.07, 6.45) is -7.24. The second kappa shape index (κ2) is 11.3. The zero-order chi connectivity index (χ0) is 30.4. The predicted octanol–water partition coefficient (Wildman–Crippen LogP) is 6.01. The van der Waals surface area contributed by atoms with Gasteiger partial charge in [-0.15, -0.1) is 5.10 Å². The first-order chi connectivity index (χ1) is 19.8. The zero-order valence-corrected chi connectivity index (χ0v) is 24.0. The number of hydrogen-bond acceptors (Lipinski definition) is 4. The minimum absolute atomic E-state index is 0.0201. The maximum atomic E-state index is 15.8. The molecular weight excluding hydrogens is 597 g/mol. The molecule has 0 aliphatic heterocycles. The van der Waals surface area contributed by atoms with Crippen LogP contribution >= 0.6 is 23.2 Å². The molecule has 0 saturated heterocycles. The van der Waals surface area contributed by atoms with Crippen molar-refractivity contribution in [1.82, 2.24) is 24.1 Å². The van der Waals surface area contributed by atoms with Crippen LogP contribution in [0.15, 0.2) is 65.5 Å². The summed E-state index contributed by atoms with van der Waals surface area (Å²) in [6, 6.07) is 13.3. The van der Waals surface area contributed by atoms with Crippen LogP contribution in [-0.2, 0) is 32.5 Å². The molecule has 0 fully saturated rings. The Morgan fingerprint density at radius 1 is 1.10 bits per heavy atom. The van der Waals surface area contributed by atoms with Crippen LogP contribution in [0.25, 0.3) is 11.4 Å². The average Bonchev–Trinajstić information content (AvgIpc) is 3.41. The number of allylic oxidation sites excluding steroid dienone is 1. The van der Waals surface area contributed by atoms with Gasteiger partial charge < -0.3 is 5.11 Å². The molecule has 2 aromatic carbocycles. The number of halogens is 6. The molecule has 13 heteroatoms. The van der Waals surface area contributed by atoms with Crippen LogP contribution < -0.4 is 5.69 Å². The summed E-state index contributed by atoms with van der Waals surface area (Å²) in [5.74, 6) is -0.0746. The zero-order valence-electron chi connectivity index (χ0n) is 22.5. The van der Waals surface area contributed by atoms with Gasteiger partial charge in [-0.1, -0.05) is 48.0 Å². The normalized spacial score (nSPS) is 17.7. The Morgan fingerprint density at radius 3 is 2.43 bits per heavy atom. The van der Waals surface area contributed by atoms with E-state index < -0.39 is 30.2 Å². The molecular formula is C29H27Cl2F4N5O2. The van der Waals surface area contributed by atoms with E-state index in [1.165, 1.54) is 24.3 Å². The number of fused-ring (bicyclic) bond motifs is 1. The Kier molecular flexibility index (Phi) is 8.12. The summed E-state index contributed by atoms with van der Waals surface area (Å²) < 4.78 is 59.0. The first kappa shape index (κ1) is 30.1. The lowest BCUT2D eigenvalue weighted by Gasteiger charge is -2.31. The highest BCUT2D eigenvalue weighted by molar-refractivity contribution is 6.31. The molecule has 1 unspecified atom stereocenters. The number of benzene rings is 2. The van der Waals surface area contributed by atoms with Gasteiger partial charge in [0.15, 0.2) is 11.9 Å². The van der Waals surface area contributed by atoms with E-state index in [-0.39, 0.29) is 31.8 Å². The minimum Gasteiger partial charge on any atom is -0.382 e. The van der Waals surface area contributed by atoms with Crippen LogP contribution in [0.4, 0.5) is 17.6 Å². The summed E-state index contributed by atoms with van der Waals surface area (Å²) in [5.41, 5.74) is 0.776. The molecule has 0 spiro atoms. The van der Waals surface area contributed by atoms with Crippen molar-refractivity contribution < 1.29 is 22.7 Å². The maximum Gasteiger partial charge on any atom is 0.416 e. The maximum absolute atomic E-state index is 15.8. The van der Waals surface area contributed by atoms with Gasteiger partial charge >= 0.3 is 11.9 Å². The molecule has 0 radical (unpaired) electrons. The average molecular weight is 624 g/mol. The van der Waals surface area contributed by atoms with Gasteiger partial charge in [-0.2, -0.15) is 18.3 Å². The third-order valence-corrected chi connectivity index (χ3v) is 8.19. The van der Waals surface area contributed by atoms with E-state index in [4.69, 9.17) is 28.3 Å². The van der Waals surface area contributed by atoms with Crippen molar-refractivity contribution in [2.75, 3.05) is 0 Å². The first-order valence-corrected chi connectivity index (χ1v) is 13.9. The molecule has 1 aliphatic carbocycles. The molecule has 4 aromatic rings. The topological polar surface area (TPSA) is 77.9 Å². The molecule has 0 amide bonds. The lowest BCUT2D eigenvalue weighted by atomic mass is 9.80. The molecule has 7 nitrogen and oxygen atoms in total. The fourth-order valence-corrected chi connectivity index (χ4v) is 5.42. The van der Waals surface area contributed by atoms with Gasteiger partial charge in [0, 0.05) is 27.7 Å². The van der Waals surface area contributed by atoms with Crippen LogP contribution in [0, 0.1) is 0 Å². The standard InChI is InChI=1S/C29H27Cl2F4N5O2/c1-17(2)28(32)12-11-21-23(36-39(24(21)13-28)14-19-5-3-4-6-22(19)31)15-40-27(42)38(16-25(41)29(33,34)35)26(37-40)18-7-9-20(30)10-8-18/h3-10,25,41H,1,11-16H2,2H3/t25-,28?/m0/s1. The summed E-state index contributed by atoms with van der Waals surface area (Å²) in [4.78, 5) is 13.4. The Morgan fingerprint density at radius 2 is 1.79 bits per heavy atom. The molecule has 0 saturated carbocycles. The van der Waals surface area contributed by atoms with E-state index >= 15 is 4.39 Å². The third kappa shape index (κ3) is 5.91. The first-order valence-electron chi connectivity index (χ1n) is 13.1. The lowest BCUT2D eigenvalue weighted by Crippen LogP contribution is -2.37. The molecule has 2 atom stereocenters. The van der Waals surface area contributed by atoms with Gasteiger partial charge in [0.05, 0.1) is 25.3 Å². The van der Waals surface area contributed by atoms with E-state index in [9.17, 15) is 23.1 Å². The second-order valence-electron chi connectivity index (χ2n) is 10.5. The highest BCUT2D eigenvalue weighted by Gasteiger charge is 2.40. The van der Waals surface area contributed by atoms with Crippen LogP contribution in [-0.4, -0.2) is 47.2 Å². The molecule has 222 valence electrons. The summed E-state index contributed by atoms with van der Waals surface area (Å²) in [5, 5.41) is 19.7. The molecule has 5 rings (SSSR count). The van der Waals surface area contributed by atoms with Crippen LogP contribution in [0.2, 0.25) is 10.0 Å².